The summed E-state index contributed by atoms with van der Waals surface area (Å²) in [6.07, 6.45) is 2.11. The Bertz CT molecular complexity index is 383. The van der Waals surface area contributed by atoms with E-state index in [1.165, 1.54) is 12.1 Å². The third-order valence-electron chi connectivity index (χ3n) is 2.82. The zero-order chi connectivity index (χ0) is 10.8. The van der Waals surface area contributed by atoms with E-state index < -0.39 is 0 Å². The van der Waals surface area contributed by atoms with Crippen LogP contribution in [0.4, 0.5) is 4.39 Å². The van der Waals surface area contributed by atoms with Crippen LogP contribution in [0.5, 0.6) is 0 Å². The van der Waals surface area contributed by atoms with Crippen LogP contribution in [-0.2, 0) is 0 Å². The predicted molar refractivity (Wildman–Crippen MR) is 56.3 cm³/mol. The Balaban J connectivity index is 2.27. The van der Waals surface area contributed by atoms with Gasteiger partial charge in [-0.05, 0) is 37.5 Å². The van der Waals surface area contributed by atoms with E-state index in [-0.39, 0.29) is 11.7 Å². The fraction of sp³-hybridized carbons (Fsp3) is 0.417. The van der Waals surface area contributed by atoms with Crippen LogP contribution < -0.4 is 0 Å². The maximum Gasteiger partial charge on any atom is 0.254 e. The first-order valence-electron chi connectivity index (χ1n) is 5.24. The van der Waals surface area contributed by atoms with E-state index in [2.05, 4.69) is 0 Å². The summed E-state index contributed by atoms with van der Waals surface area (Å²) in [5.74, 6) is -0.382. The van der Waals surface area contributed by atoms with Crippen molar-refractivity contribution in [1.29, 1.82) is 0 Å². The number of benzene rings is 1. The van der Waals surface area contributed by atoms with Crippen LogP contribution in [-0.4, -0.2) is 23.9 Å². The van der Waals surface area contributed by atoms with Gasteiger partial charge in [-0.2, -0.15) is 0 Å². The molecule has 0 saturated carbocycles. The van der Waals surface area contributed by atoms with Crippen LogP contribution in [0.25, 0.3) is 0 Å². The molecule has 1 aromatic rings. The zero-order valence-corrected chi connectivity index (χ0v) is 8.79. The van der Waals surface area contributed by atoms with Gasteiger partial charge in [0.05, 0.1) is 0 Å². The normalized spacial score (nSPS) is 15.7. The lowest BCUT2D eigenvalue weighted by molar-refractivity contribution is 0.0791. The van der Waals surface area contributed by atoms with Gasteiger partial charge >= 0.3 is 0 Å². The molecule has 1 aromatic carbocycles. The van der Waals surface area contributed by atoms with E-state index in [1.54, 1.807) is 11.0 Å². The van der Waals surface area contributed by atoms with Gasteiger partial charge in [0.25, 0.3) is 5.91 Å². The number of carbonyl (C=O) groups is 1. The quantitative estimate of drug-likeness (QED) is 0.692. The molecular formula is C12H14FNO. The predicted octanol–water partition coefficient (Wildman–Crippen LogP) is 2.37. The maximum absolute atomic E-state index is 13.0. The smallest absolute Gasteiger partial charge is 0.254 e. The maximum atomic E-state index is 13.0. The molecule has 0 aromatic heterocycles. The Morgan fingerprint density at radius 2 is 2.00 bits per heavy atom. The molecule has 1 aliphatic heterocycles. The summed E-state index contributed by atoms with van der Waals surface area (Å²) in [7, 11) is 0. The summed E-state index contributed by atoms with van der Waals surface area (Å²) in [5, 5.41) is 0. The van der Waals surface area contributed by atoms with Gasteiger partial charge in [0, 0.05) is 18.7 Å². The Morgan fingerprint density at radius 3 is 2.67 bits per heavy atom. The largest absolute Gasteiger partial charge is 0.339 e. The van der Waals surface area contributed by atoms with Gasteiger partial charge in [-0.25, -0.2) is 4.39 Å². The van der Waals surface area contributed by atoms with E-state index in [1.807, 2.05) is 6.92 Å². The van der Waals surface area contributed by atoms with Crippen LogP contribution in [0.3, 0.4) is 0 Å². The minimum Gasteiger partial charge on any atom is -0.339 e. The lowest BCUT2D eigenvalue weighted by Gasteiger charge is -2.16. The van der Waals surface area contributed by atoms with Crippen molar-refractivity contribution in [3.05, 3.63) is 35.1 Å². The first-order valence-corrected chi connectivity index (χ1v) is 5.24. The molecule has 0 unspecified atom stereocenters. The highest BCUT2D eigenvalue weighted by atomic mass is 19.1. The lowest BCUT2D eigenvalue weighted by Crippen LogP contribution is -2.28. The summed E-state index contributed by atoms with van der Waals surface area (Å²) >= 11 is 0. The van der Waals surface area contributed by atoms with Crippen molar-refractivity contribution in [3.8, 4) is 0 Å². The fourth-order valence-corrected chi connectivity index (χ4v) is 1.92. The van der Waals surface area contributed by atoms with E-state index in [0.717, 1.165) is 31.5 Å². The van der Waals surface area contributed by atoms with Crippen molar-refractivity contribution in [2.45, 2.75) is 19.8 Å². The molecule has 0 atom stereocenters. The molecule has 1 aliphatic rings. The molecule has 1 saturated heterocycles. The summed E-state index contributed by atoms with van der Waals surface area (Å²) < 4.78 is 13.0. The second-order valence-corrected chi connectivity index (χ2v) is 3.96. The minimum absolute atomic E-state index is 0.0375. The average molecular weight is 207 g/mol. The Morgan fingerprint density at radius 1 is 1.33 bits per heavy atom. The number of rotatable bonds is 1. The van der Waals surface area contributed by atoms with Crippen LogP contribution in [0.2, 0.25) is 0 Å². The number of hydrogen-bond donors (Lipinski definition) is 0. The van der Waals surface area contributed by atoms with Crippen molar-refractivity contribution >= 4 is 5.91 Å². The molecule has 2 nitrogen and oxygen atoms in total. The molecule has 2 rings (SSSR count). The third kappa shape index (κ3) is 2.01. The Kier molecular flexibility index (Phi) is 2.71. The number of nitrogens with zero attached hydrogens (tertiary/aromatic N) is 1. The van der Waals surface area contributed by atoms with Crippen LogP contribution >= 0.6 is 0 Å². The Labute approximate surface area is 88.7 Å². The number of carbonyl (C=O) groups excluding carboxylic acids is 1. The van der Waals surface area contributed by atoms with E-state index in [4.69, 9.17) is 0 Å². The number of likely N-dealkylation sites (tertiary alicyclic amines) is 1. The van der Waals surface area contributed by atoms with E-state index in [0.29, 0.717) is 5.56 Å². The highest BCUT2D eigenvalue weighted by Gasteiger charge is 2.20. The first kappa shape index (κ1) is 10.1. The molecule has 15 heavy (non-hydrogen) atoms. The van der Waals surface area contributed by atoms with Gasteiger partial charge in [0.1, 0.15) is 5.82 Å². The van der Waals surface area contributed by atoms with Gasteiger partial charge in [0.2, 0.25) is 0 Å². The number of aryl methyl sites for hydroxylation is 1. The molecule has 0 radical (unpaired) electrons. The highest BCUT2D eigenvalue weighted by molar-refractivity contribution is 5.95. The van der Waals surface area contributed by atoms with Gasteiger partial charge in [-0.15, -0.1) is 0 Å². The lowest BCUT2D eigenvalue weighted by atomic mass is 10.1. The zero-order valence-electron chi connectivity index (χ0n) is 8.79. The monoisotopic (exact) mass is 207 g/mol. The second-order valence-electron chi connectivity index (χ2n) is 3.96. The van der Waals surface area contributed by atoms with Crippen molar-refractivity contribution in [1.82, 2.24) is 4.90 Å². The van der Waals surface area contributed by atoms with Crippen LogP contribution in [0, 0.1) is 12.7 Å². The molecule has 1 heterocycles. The van der Waals surface area contributed by atoms with Crippen molar-refractivity contribution in [2.24, 2.45) is 0 Å². The molecule has 0 spiro atoms. The van der Waals surface area contributed by atoms with E-state index >= 15 is 0 Å². The molecular weight excluding hydrogens is 193 g/mol. The molecule has 0 bridgehead atoms. The minimum atomic E-state index is -0.344. The first-order chi connectivity index (χ1) is 7.18. The van der Waals surface area contributed by atoms with Crippen molar-refractivity contribution in [2.75, 3.05) is 13.1 Å². The van der Waals surface area contributed by atoms with E-state index in [9.17, 15) is 9.18 Å². The number of hydrogen-bond acceptors (Lipinski definition) is 1. The molecule has 1 amide bonds. The number of amides is 1. The standard InChI is InChI=1S/C12H14FNO/c1-9-4-5-10(13)8-11(9)12(15)14-6-2-3-7-14/h4-5,8H,2-3,6-7H2,1H3. The molecule has 3 heteroatoms. The van der Waals surface area contributed by atoms with Crippen molar-refractivity contribution < 1.29 is 9.18 Å². The number of halogens is 1. The summed E-state index contributed by atoms with van der Waals surface area (Å²) in [6, 6.07) is 4.37. The summed E-state index contributed by atoms with van der Waals surface area (Å²) in [5.41, 5.74) is 1.34. The van der Waals surface area contributed by atoms with Crippen LogP contribution in [0.1, 0.15) is 28.8 Å². The average Bonchev–Trinajstić information content (AvgIpc) is 2.74. The van der Waals surface area contributed by atoms with Gasteiger partial charge in [0.15, 0.2) is 0 Å². The van der Waals surface area contributed by atoms with Gasteiger partial charge in [-0.1, -0.05) is 6.07 Å². The fourth-order valence-electron chi connectivity index (χ4n) is 1.92. The molecule has 1 fully saturated rings. The summed E-state index contributed by atoms with van der Waals surface area (Å²) in [4.78, 5) is 13.8. The van der Waals surface area contributed by atoms with Crippen LogP contribution in [0.15, 0.2) is 18.2 Å². The molecule has 0 N–H and O–H groups in total. The SMILES string of the molecule is Cc1ccc(F)cc1C(=O)N1CCCC1. The van der Waals surface area contributed by atoms with Crippen molar-refractivity contribution in [3.63, 3.8) is 0 Å². The summed E-state index contributed by atoms with van der Waals surface area (Å²) in [6.45, 7) is 3.44. The molecule has 0 aliphatic carbocycles. The highest BCUT2D eigenvalue weighted by Crippen LogP contribution is 2.16. The third-order valence-corrected chi connectivity index (χ3v) is 2.82. The Hall–Kier alpha value is -1.38. The topological polar surface area (TPSA) is 20.3 Å². The molecule has 80 valence electrons. The van der Waals surface area contributed by atoms with Gasteiger partial charge in [-0.3, -0.25) is 4.79 Å². The van der Waals surface area contributed by atoms with Gasteiger partial charge < -0.3 is 4.90 Å². The second kappa shape index (κ2) is 4.01.